The normalized spacial score (nSPS) is 19.4. The lowest BCUT2D eigenvalue weighted by Crippen LogP contribution is -2.40. The lowest BCUT2D eigenvalue weighted by molar-refractivity contribution is 0.0738. The highest BCUT2D eigenvalue weighted by Gasteiger charge is 2.25. The minimum atomic E-state index is -0.102. The molecule has 1 saturated carbocycles. The largest absolute Gasteiger partial charge is 0.357 e. The average Bonchev–Trinajstić information content (AvgIpc) is 3.26. The summed E-state index contributed by atoms with van der Waals surface area (Å²) in [4.78, 5) is 32.8. The molecular formula is C24H36N4O2. The van der Waals surface area contributed by atoms with Crippen molar-refractivity contribution in [2.45, 2.75) is 51.4 Å². The molecule has 0 radical (unpaired) electrons. The standard InChI is InChI=1S/C24H36N4O2/c1-26(23(29)21-17-27(2)24(30)22-20(21)8-12-25-22)16-19-10-14-28(15-11-19)13-9-18-6-4-3-5-7-18/h8,12,17-19,25H,3-7,9-11,13-16H2,1-2H3. The summed E-state index contributed by atoms with van der Waals surface area (Å²) in [7, 11) is 3.59. The van der Waals surface area contributed by atoms with Gasteiger partial charge in [-0.2, -0.15) is 0 Å². The van der Waals surface area contributed by atoms with E-state index in [1.165, 1.54) is 49.6 Å². The van der Waals surface area contributed by atoms with Gasteiger partial charge in [0.15, 0.2) is 0 Å². The van der Waals surface area contributed by atoms with E-state index in [9.17, 15) is 9.59 Å². The van der Waals surface area contributed by atoms with Crippen molar-refractivity contribution in [3.8, 4) is 0 Å². The molecule has 0 spiro atoms. The lowest BCUT2D eigenvalue weighted by atomic mass is 9.86. The molecule has 6 heteroatoms. The molecule has 4 rings (SSSR count). The van der Waals surface area contributed by atoms with Crippen LogP contribution in [0.1, 0.15) is 61.7 Å². The number of hydrogen-bond donors (Lipinski definition) is 1. The van der Waals surface area contributed by atoms with Crippen molar-refractivity contribution in [2.75, 3.05) is 33.2 Å². The fraction of sp³-hybridized carbons (Fsp3) is 0.667. The number of rotatable bonds is 6. The summed E-state index contributed by atoms with van der Waals surface area (Å²) in [5.41, 5.74) is 0.999. The van der Waals surface area contributed by atoms with Gasteiger partial charge in [0, 0.05) is 38.4 Å². The molecule has 2 fully saturated rings. The van der Waals surface area contributed by atoms with Gasteiger partial charge < -0.3 is 19.4 Å². The number of nitrogens with one attached hydrogen (secondary N) is 1. The Kier molecular flexibility index (Phi) is 6.61. The summed E-state index contributed by atoms with van der Waals surface area (Å²) in [5, 5.41) is 0.715. The van der Waals surface area contributed by atoms with Crippen LogP contribution in [0, 0.1) is 11.8 Å². The molecule has 0 bridgehead atoms. The first kappa shape index (κ1) is 21.2. The predicted molar refractivity (Wildman–Crippen MR) is 121 cm³/mol. The van der Waals surface area contributed by atoms with Gasteiger partial charge in [-0.05, 0) is 56.8 Å². The van der Waals surface area contributed by atoms with Crippen LogP contribution in [0.15, 0.2) is 23.3 Å². The van der Waals surface area contributed by atoms with Crippen LogP contribution in [-0.4, -0.2) is 58.5 Å². The summed E-state index contributed by atoms with van der Waals surface area (Å²) in [6, 6.07) is 1.82. The van der Waals surface area contributed by atoms with Crippen molar-refractivity contribution in [3.05, 3.63) is 34.4 Å². The Morgan fingerprint density at radius 3 is 2.60 bits per heavy atom. The van der Waals surface area contributed by atoms with Crippen LogP contribution in [0.4, 0.5) is 0 Å². The molecule has 0 aromatic carbocycles. The molecule has 6 nitrogen and oxygen atoms in total. The number of aryl methyl sites for hydroxylation is 1. The van der Waals surface area contributed by atoms with Crippen LogP contribution in [0.5, 0.6) is 0 Å². The molecule has 3 heterocycles. The Morgan fingerprint density at radius 1 is 1.13 bits per heavy atom. The van der Waals surface area contributed by atoms with E-state index in [1.807, 2.05) is 18.0 Å². The van der Waals surface area contributed by atoms with Gasteiger partial charge in [-0.3, -0.25) is 9.59 Å². The monoisotopic (exact) mass is 412 g/mol. The lowest BCUT2D eigenvalue weighted by Gasteiger charge is -2.35. The maximum atomic E-state index is 13.1. The first-order valence-electron chi connectivity index (χ1n) is 11.7. The highest BCUT2D eigenvalue weighted by Crippen LogP contribution is 2.27. The van der Waals surface area contributed by atoms with Crippen molar-refractivity contribution in [2.24, 2.45) is 18.9 Å². The van der Waals surface area contributed by atoms with Crippen molar-refractivity contribution in [1.29, 1.82) is 0 Å². The van der Waals surface area contributed by atoms with Gasteiger partial charge in [-0.25, -0.2) is 0 Å². The second-order valence-corrected chi connectivity index (χ2v) is 9.49. The zero-order valence-corrected chi connectivity index (χ0v) is 18.5. The predicted octanol–water partition coefficient (Wildman–Crippen LogP) is 3.62. The number of H-pyrrole nitrogens is 1. The molecule has 164 valence electrons. The third-order valence-electron chi connectivity index (χ3n) is 7.29. The van der Waals surface area contributed by atoms with E-state index < -0.39 is 0 Å². The van der Waals surface area contributed by atoms with Crippen LogP contribution in [0.2, 0.25) is 0 Å². The minimum absolute atomic E-state index is 0.00470. The molecule has 1 N–H and O–H groups in total. The first-order chi connectivity index (χ1) is 14.5. The molecule has 2 aliphatic rings. The number of hydrogen-bond acceptors (Lipinski definition) is 3. The fourth-order valence-electron chi connectivity index (χ4n) is 5.35. The molecule has 0 atom stereocenters. The number of nitrogens with zero attached hydrogens (tertiary/aromatic N) is 3. The third-order valence-corrected chi connectivity index (χ3v) is 7.29. The molecule has 30 heavy (non-hydrogen) atoms. The maximum Gasteiger partial charge on any atom is 0.274 e. The molecule has 1 aliphatic carbocycles. The zero-order chi connectivity index (χ0) is 21.1. The molecular weight excluding hydrogens is 376 g/mol. The highest BCUT2D eigenvalue weighted by molar-refractivity contribution is 6.05. The van der Waals surface area contributed by atoms with Crippen molar-refractivity contribution in [3.63, 3.8) is 0 Å². The summed E-state index contributed by atoms with van der Waals surface area (Å²) in [6.07, 6.45) is 14.2. The van der Waals surface area contributed by atoms with Crippen LogP contribution >= 0.6 is 0 Å². The van der Waals surface area contributed by atoms with Crippen LogP contribution in [0.25, 0.3) is 10.9 Å². The Balaban J connectivity index is 1.29. The number of fused-ring (bicyclic) bond motifs is 1. The van der Waals surface area contributed by atoms with E-state index >= 15 is 0 Å². The van der Waals surface area contributed by atoms with Gasteiger partial charge >= 0.3 is 0 Å². The van der Waals surface area contributed by atoms with Gasteiger partial charge in [0.05, 0.1) is 5.56 Å². The minimum Gasteiger partial charge on any atom is -0.357 e. The zero-order valence-electron chi connectivity index (χ0n) is 18.5. The number of carbonyl (C=O) groups is 1. The second-order valence-electron chi connectivity index (χ2n) is 9.49. The van der Waals surface area contributed by atoms with Gasteiger partial charge in [0.2, 0.25) is 0 Å². The topological polar surface area (TPSA) is 61.3 Å². The van der Waals surface area contributed by atoms with Crippen molar-refractivity contribution >= 4 is 16.8 Å². The first-order valence-corrected chi connectivity index (χ1v) is 11.7. The number of pyridine rings is 1. The Hall–Kier alpha value is -2.08. The summed E-state index contributed by atoms with van der Waals surface area (Å²) < 4.78 is 1.49. The van der Waals surface area contributed by atoms with Crippen LogP contribution in [0.3, 0.4) is 0 Å². The third kappa shape index (κ3) is 4.64. The van der Waals surface area contributed by atoms with E-state index in [2.05, 4.69) is 9.88 Å². The van der Waals surface area contributed by atoms with E-state index in [0.717, 1.165) is 38.4 Å². The Morgan fingerprint density at radius 2 is 1.87 bits per heavy atom. The number of likely N-dealkylation sites (tertiary alicyclic amines) is 1. The highest BCUT2D eigenvalue weighted by atomic mass is 16.2. The number of amides is 1. The molecule has 0 unspecified atom stereocenters. The van der Waals surface area contributed by atoms with Gasteiger partial charge in [-0.15, -0.1) is 0 Å². The number of aromatic amines is 1. The Bertz CT molecular complexity index is 917. The smallest absolute Gasteiger partial charge is 0.274 e. The second kappa shape index (κ2) is 9.38. The van der Waals surface area contributed by atoms with Crippen molar-refractivity contribution in [1.82, 2.24) is 19.4 Å². The maximum absolute atomic E-state index is 13.1. The van der Waals surface area contributed by atoms with Gasteiger partial charge in [-0.1, -0.05) is 32.1 Å². The molecule has 1 amide bonds. The van der Waals surface area contributed by atoms with E-state index in [1.54, 1.807) is 19.4 Å². The summed E-state index contributed by atoms with van der Waals surface area (Å²) in [6.45, 7) is 4.34. The van der Waals surface area contributed by atoms with Gasteiger partial charge in [0.1, 0.15) is 5.52 Å². The number of piperidine rings is 1. The Labute approximate surface area is 179 Å². The number of carbonyl (C=O) groups excluding carboxylic acids is 1. The van der Waals surface area contributed by atoms with Crippen LogP contribution in [-0.2, 0) is 7.05 Å². The number of aromatic nitrogens is 2. The summed E-state index contributed by atoms with van der Waals surface area (Å²) in [5.74, 6) is 1.50. The fourth-order valence-corrected chi connectivity index (χ4v) is 5.35. The molecule has 1 aliphatic heterocycles. The van der Waals surface area contributed by atoms with E-state index in [0.29, 0.717) is 22.4 Å². The molecule has 1 saturated heterocycles. The van der Waals surface area contributed by atoms with Crippen LogP contribution < -0.4 is 5.56 Å². The van der Waals surface area contributed by atoms with E-state index in [4.69, 9.17) is 0 Å². The SMILES string of the molecule is CN(CC1CCN(CCC2CCCCC2)CC1)C(=O)c1cn(C)c(=O)c2[nH]ccc12. The van der Waals surface area contributed by atoms with E-state index in [-0.39, 0.29) is 11.5 Å². The van der Waals surface area contributed by atoms with Crippen molar-refractivity contribution < 1.29 is 4.79 Å². The average molecular weight is 413 g/mol. The quantitative estimate of drug-likeness (QED) is 0.788. The molecule has 2 aromatic heterocycles. The van der Waals surface area contributed by atoms with Gasteiger partial charge in [0.25, 0.3) is 11.5 Å². The summed E-state index contributed by atoms with van der Waals surface area (Å²) >= 11 is 0. The molecule has 2 aromatic rings.